The van der Waals surface area contributed by atoms with Gasteiger partial charge in [-0.25, -0.2) is 4.39 Å². The van der Waals surface area contributed by atoms with Crippen molar-refractivity contribution in [1.29, 1.82) is 0 Å². The van der Waals surface area contributed by atoms with Gasteiger partial charge in [0.25, 0.3) is 0 Å². The summed E-state index contributed by atoms with van der Waals surface area (Å²) in [5.74, 6) is 0.933. The fourth-order valence-corrected chi connectivity index (χ4v) is 4.35. The average Bonchev–Trinajstić information content (AvgIpc) is 2.94. The monoisotopic (exact) mass is 354 g/mol. The van der Waals surface area contributed by atoms with E-state index in [9.17, 15) is 9.18 Å². The number of benzene rings is 1. The Morgan fingerprint density at radius 3 is 2.88 bits per heavy atom. The van der Waals surface area contributed by atoms with Gasteiger partial charge in [-0.05, 0) is 49.8 Å². The van der Waals surface area contributed by atoms with Gasteiger partial charge in [-0.15, -0.1) is 0 Å². The van der Waals surface area contributed by atoms with Crippen LogP contribution < -0.4 is 5.32 Å². The normalized spacial score (nSPS) is 28.5. The van der Waals surface area contributed by atoms with E-state index in [-0.39, 0.29) is 23.8 Å². The maximum atomic E-state index is 13.5. The molecule has 1 unspecified atom stereocenters. The Kier molecular flexibility index (Phi) is 4.84. The Hall–Kier alpha value is -2.10. The first kappa shape index (κ1) is 17.3. The van der Waals surface area contributed by atoms with E-state index in [1.54, 1.807) is 12.1 Å². The van der Waals surface area contributed by atoms with Gasteiger partial charge in [0.15, 0.2) is 0 Å². The highest BCUT2D eigenvalue weighted by atomic mass is 19.1. The van der Waals surface area contributed by atoms with Crippen LogP contribution in [0, 0.1) is 17.7 Å². The molecule has 2 aliphatic heterocycles. The topological polar surface area (TPSA) is 32.3 Å². The number of likely N-dealkylation sites (tertiary alicyclic amines) is 1. The molecule has 2 fully saturated rings. The smallest absolute Gasteiger partial charge is 0.225 e. The highest BCUT2D eigenvalue weighted by Crippen LogP contribution is 2.35. The van der Waals surface area contributed by atoms with Gasteiger partial charge in [0.05, 0.1) is 0 Å². The summed E-state index contributed by atoms with van der Waals surface area (Å²) in [6.45, 7) is 3.15. The molecular formula is C22H27FN2O. The molecule has 0 radical (unpaired) electrons. The number of halogens is 1. The number of rotatable bonds is 4. The second kappa shape index (κ2) is 7.26. The van der Waals surface area contributed by atoms with Gasteiger partial charge in [0.2, 0.25) is 5.91 Å². The van der Waals surface area contributed by atoms with E-state index < -0.39 is 0 Å². The van der Waals surface area contributed by atoms with Gasteiger partial charge >= 0.3 is 0 Å². The minimum Gasteiger partial charge on any atom is -0.378 e. The summed E-state index contributed by atoms with van der Waals surface area (Å²) in [4.78, 5) is 14.9. The zero-order chi connectivity index (χ0) is 18.1. The third-order valence-corrected chi connectivity index (χ3v) is 6.20. The number of hydrogen-bond donors (Lipinski definition) is 1. The summed E-state index contributed by atoms with van der Waals surface area (Å²) in [5, 5.41) is 3.53. The Balaban J connectivity index is 1.44. The van der Waals surface area contributed by atoms with Gasteiger partial charge < -0.3 is 10.2 Å². The first-order chi connectivity index (χ1) is 12.6. The van der Waals surface area contributed by atoms with Gasteiger partial charge in [-0.2, -0.15) is 0 Å². The lowest BCUT2D eigenvalue weighted by molar-refractivity contribution is -0.139. The molecule has 0 spiro atoms. The number of carbonyl (C=O) groups is 1. The fraction of sp³-hybridized carbons (Fsp3) is 0.500. The minimum atomic E-state index is -0.224. The highest BCUT2D eigenvalue weighted by molar-refractivity contribution is 5.80. The van der Waals surface area contributed by atoms with Gasteiger partial charge in [0, 0.05) is 35.8 Å². The molecule has 3 atom stereocenters. The van der Waals surface area contributed by atoms with Crippen molar-refractivity contribution in [3.8, 4) is 0 Å². The summed E-state index contributed by atoms with van der Waals surface area (Å²) in [6, 6.07) is 7.13. The number of hydrogen-bond acceptors (Lipinski definition) is 2. The minimum absolute atomic E-state index is 0.167. The van der Waals surface area contributed by atoms with Crippen molar-refractivity contribution < 1.29 is 9.18 Å². The predicted octanol–water partition coefficient (Wildman–Crippen LogP) is 4.12. The van der Waals surface area contributed by atoms with Crippen molar-refractivity contribution in [2.45, 2.75) is 51.1 Å². The molecule has 2 heterocycles. The fourth-order valence-electron chi connectivity index (χ4n) is 4.35. The van der Waals surface area contributed by atoms with E-state index in [1.165, 1.54) is 12.5 Å². The second-order valence-electron chi connectivity index (χ2n) is 7.95. The number of amides is 1. The van der Waals surface area contributed by atoms with Crippen LogP contribution in [0.5, 0.6) is 0 Å². The zero-order valence-electron chi connectivity index (χ0n) is 15.3. The lowest BCUT2D eigenvalue weighted by Gasteiger charge is -2.35. The Morgan fingerprint density at radius 1 is 1.31 bits per heavy atom. The number of allylic oxidation sites excluding steroid dienone is 2. The Bertz CT molecular complexity index is 737. The largest absolute Gasteiger partial charge is 0.378 e. The Morgan fingerprint density at radius 2 is 2.15 bits per heavy atom. The van der Waals surface area contributed by atoms with Crippen molar-refractivity contribution >= 4 is 11.6 Å². The van der Waals surface area contributed by atoms with Crippen LogP contribution in [0.25, 0.3) is 5.70 Å². The summed E-state index contributed by atoms with van der Waals surface area (Å²) in [6.07, 6.45) is 11.5. The van der Waals surface area contributed by atoms with Crippen molar-refractivity contribution in [1.82, 2.24) is 10.2 Å². The molecule has 4 heteroatoms. The molecule has 1 amide bonds. The van der Waals surface area contributed by atoms with E-state index in [1.807, 2.05) is 18.2 Å². The number of dihydropyridines is 1. The molecule has 0 bridgehead atoms. The maximum absolute atomic E-state index is 13.5. The van der Waals surface area contributed by atoms with E-state index in [0.29, 0.717) is 11.8 Å². The van der Waals surface area contributed by atoms with Crippen molar-refractivity contribution in [2.75, 3.05) is 6.54 Å². The molecule has 1 saturated heterocycles. The van der Waals surface area contributed by atoms with Crippen LogP contribution in [-0.2, 0) is 4.79 Å². The average molecular weight is 354 g/mol. The van der Waals surface area contributed by atoms with E-state index >= 15 is 0 Å². The molecule has 3 nitrogen and oxygen atoms in total. The Labute approximate surface area is 155 Å². The molecule has 1 saturated carbocycles. The summed E-state index contributed by atoms with van der Waals surface area (Å²) >= 11 is 0. The van der Waals surface area contributed by atoms with Crippen LogP contribution in [0.3, 0.4) is 0 Å². The molecule has 1 aromatic carbocycles. The summed E-state index contributed by atoms with van der Waals surface area (Å²) < 4.78 is 13.5. The second-order valence-corrected chi connectivity index (χ2v) is 7.95. The molecular weight excluding hydrogens is 327 g/mol. The van der Waals surface area contributed by atoms with Crippen LogP contribution >= 0.6 is 0 Å². The van der Waals surface area contributed by atoms with Gasteiger partial charge in [0.1, 0.15) is 5.82 Å². The predicted molar refractivity (Wildman–Crippen MR) is 102 cm³/mol. The molecule has 4 rings (SSSR count). The quantitative estimate of drug-likeness (QED) is 0.882. The standard InChI is InChI=1S/C22H27FN2O/c1-15-11-12-25(22(26)16-5-2-6-16)21(15)14-19-9-4-10-20(24-19)17-7-3-8-18(23)13-17/h3-4,7-10,13,15-16,19,21,24H,2,5-6,11-12,14H2,1H3/t15-,19?,21-/m0/s1. The molecule has 3 aliphatic rings. The van der Waals surface area contributed by atoms with Crippen LogP contribution in [0.4, 0.5) is 4.39 Å². The highest BCUT2D eigenvalue weighted by Gasteiger charge is 2.39. The number of nitrogens with one attached hydrogen (secondary N) is 1. The van der Waals surface area contributed by atoms with Crippen LogP contribution in [0.1, 0.15) is 44.6 Å². The SMILES string of the molecule is C[C@H]1CCN(C(=O)C2CCC2)[C@H]1CC1C=CC=C(c2cccc(F)c2)N1. The van der Waals surface area contributed by atoms with Crippen molar-refractivity contribution in [3.05, 3.63) is 53.9 Å². The number of nitrogens with zero attached hydrogens (tertiary/aromatic N) is 1. The summed E-state index contributed by atoms with van der Waals surface area (Å²) in [5.41, 5.74) is 1.81. The van der Waals surface area contributed by atoms with Crippen LogP contribution in [0.15, 0.2) is 42.5 Å². The molecule has 0 aromatic heterocycles. The maximum Gasteiger partial charge on any atom is 0.225 e. The van der Waals surface area contributed by atoms with E-state index in [0.717, 1.165) is 43.5 Å². The van der Waals surface area contributed by atoms with Crippen LogP contribution in [-0.4, -0.2) is 29.4 Å². The molecule has 1 N–H and O–H groups in total. The lowest BCUT2D eigenvalue weighted by atomic mass is 9.84. The van der Waals surface area contributed by atoms with Gasteiger partial charge in [-0.3, -0.25) is 4.79 Å². The third-order valence-electron chi connectivity index (χ3n) is 6.20. The van der Waals surface area contributed by atoms with E-state index in [4.69, 9.17) is 0 Å². The zero-order valence-corrected chi connectivity index (χ0v) is 15.3. The molecule has 138 valence electrons. The van der Waals surface area contributed by atoms with Crippen molar-refractivity contribution in [3.63, 3.8) is 0 Å². The lowest BCUT2D eigenvalue weighted by Crippen LogP contribution is -2.45. The number of carbonyl (C=O) groups excluding carboxylic acids is 1. The summed E-state index contributed by atoms with van der Waals surface area (Å²) in [7, 11) is 0. The molecule has 1 aromatic rings. The van der Waals surface area contributed by atoms with Crippen LogP contribution in [0.2, 0.25) is 0 Å². The third kappa shape index (κ3) is 3.42. The van der Waals surface area contributed by atoms with Crippen molar-refractivity contribution in [2.24, 2.45) is 11.8 Å². The van der Waals surface area contributed by atoms with E-state index in [2.05, 4.69) is 23.2 Å². The molecule has 26 heavy (non-hydrogen) atoms. The first-order valence-electron chi connectivity index (χ1n) is 9.83. The first-order valence-corrected chi connectivity index (χ1v) is 9.83. The molecule has 1 aliphatic carbocycles. The van der Waals surface area contributed by atoms with Gasteiger partial charge in [-0.1, -0.05) is 37.6 Å².